The molecule has 0 radical (unpaired) electrons. The average molecular weight is 352 g/mol. The van der Waals surface area contributed by atoms with Crippen molar-refractivity contribution >= 4 is 11.6 Å². The predicted molar refractivity (Wildman–Crippen MR) is 108 cm³/mol. The van der Waals surface area contributed by atoms with Gasteiger partial charge in [0.25, 0.3) is 0 Å². The smallest absolute Gasteiger partial charge is 0.194 e. The largest absolute Gasteiger partial charge is 0.380 e. The Hall–Kier alpha value is -2.53. The zero-order valence-corrected chi connectivity index (χ0v) is 15.7. The van der Waals surface area contributed by atoms with Gasteiger partial charge in [0.2, 0.25) is 0 Å². The Morgan fingerprint density at radius 2 is 1.73 bits per heavy atom. The van der Waals surface area contributed by atoms with E-state index in [4.69, 9.17) is 4.74 Å². The first-order valence-corrected chi connectivity index (χ1v) is 9.12. The third-order valence-corrected chi connectivity index (χ3v) is 4.67. The van der Waals surface area contributed by atoms with Crippen LogP contribution in [0.4, 0.5) is 5.69 Å². The zero-order chi connectivity index (χ0) is 18.2. The highest BCUT2D eigenvalue weighted by Crippen LogP contribution is 2.15. The van der Waals surface area contributed by atoms with Gasteiger partial charge in [0, 0.05) is 52.6 Å². The van der Waals surface area contributed by atoms with Crippen LogP contribution in [0.25, 0.3) is 0 Å². The molecule has 0 aromatic heterocycles. The number of guanidine groups is 1. The lowest BCUT2D eigenvalue weighted by Gasteiger charge is -2.37. The summed E-state index contributed by atoms with van der Waals surface area (Å²) in [5.74, 6) is 0.967. The van der Waals surface area contributed by atoms with E-state index in [1.807, 2.05) is 7.05 Å². The number of para-hydroxylation sites is 1. The van der Waals surface area contributed by atoms with Crippen LogP contribution in [0.3, 0.4) is 0 Å². The molecule has 0 atom stereocenters. The van der Waals surface area contributed by atoms with Gasteiger partial charge in [0.1, 0.15) is 0 Å². The first kappa shape index (κ1) is 18.3. The van der Waals surface area contributed by atoms with Gasteiger partial charge in [-0.25, -0.2) is 0 Å². The summed E-state index contributed by atoms with van der Waals surface area (Å²) in [5, 5.41) is 3.50. The monoisotopic (exact) mass is 352 g/mol. The van der Waals surface area contributed by atoms with Gasteiger partial charge >= 0.3 is 0 Å². The number of nitrogens with one attached hydrogen (secondary N) is 1. The van der Waals surface area contributed by atoms with E-state index in [0.29, 0.717) is 6.61 Å². The molecule has 0 saturated carbocycles. The van der Waals surface area contributed by atoms with Gasteiger partial charge in [-0.1, -0.05) is 42.5 Å². The second kappa shape index (κ2) is 9.25. The zero-order valence-electron chi connectivity index (χ0n) is 15.7. The minimum Gasteiger partial charge on any atom is -0.380 e. The molecule has 2 aromatic rings. The van der Waals surface area contributed by atoms with E-state index in [9.17, 15) is 0 Å². The van der Waals surface area contributed by atoms with Crippen molar-refractivity contribution in [2.24, 2.45) is 4.99 Å². The molecule has 26 heavy (non-hydrogen) atoms. The SMILES string of the molecule is CN=C(NCc1cccc(COC)c1)N1CCN(c2ccccc2)CC1. The van der Waals surface area contributed by atoms with Crippen molar-refractivity contribution in [3.8, 4) is 0 Å². The Morgan fingerprint density at radius 1 is 1.00 bits per heavy atom. The minimum absolute atomic E-state index is 0.643. The van der Waals surface area contributed by atoms with Crippen LogP contribution in [-0.4, -0.2) is 51.2 Å². The van der Waals surface area contributed by atoms with Gasteiger partial charge in [0.05, 0.1) is 6.61 Å². The molecule has 0 spiro atoms. The van der Waals surface area contributed by atoms with Gasteiger partial charge < -0.3 is 19.9 Å². The first-order valence-electron chi connectivity index (χ1n) is 9.12. The molecule has 1 aliphatic rings. The van der Waals surface area contributed by atoms with Crippen LogP contribution in [0.1, 0.15) is 11.1 Å². The lowest BCUT2D eigenvalue weighted by molar-refractivity contribution is 0.185. The normalized spacial score (nSPS) is 15.2. The third-order valence-electron chi connectivity index (χ3n) is 4.67. The molecule has 1 heterocycles. The molecule has 1 saturated heterocycles. The quantitative estimate of drug-likeness (QED) is 0.663. The summed E-state index contributed by atoms with van der Waals surface area (Å²) in [5.41, 5.74) is 3.73. The Morgan fingerprint density at radius 3 is 2.42 bits per heavy atom. The molecular formula is C21H28N4O. The average Bonchev–Trinajstić information content (AvgIpc) is 2.70. The van der Waals surface area contributed by atoms with E-state index in [1.54, 1.807) is 7.11 Å². The Labute approximate surface area is 156 Å². The molecule has 0 bridgehead atoms. The molecule has 3 rings (SSSR count). The van der Waals surface area contributed by atoms with E-state index in [2.05, 4.69) is 74.7 Å². The maximum absolute atomic E-state index is 5.21. The summed E-state index contributed by atoms with van der Waals surface area (Å²) in [7, 11) is 3.58. The Balaban J connectivity index is 1.53. The number of rotatable bonds is 5. The number of anilines is 1. The van der Waals surface area contributed by atoms with Crippen molar-refractivity contribution < 1.29 is 4.74 Å². The number of piperazine rings is 1. The second-order valence-corrected chi connectivity index (χ2v) is 6.46. The van der Waals surface area contributed by atoms with Gasteiger partial charge in [-0.3, -0.25) is 4.99 Å². The standard InChI is InChI=1S/C21H28N4O/c1-22-21(23-16-18-7-6-8-19(15-18)17-26-2)25-13-11-24(12-14-25)20-9-4-3-5-10-20/h3-10,15H,11-14,16-17H2,1-2H3,(H,22,23). The molecule has 5 nitrogen and oxygen atoms in total. The Kier molecular flexibility index (Phi) is 6.50. The first-order chi connectivity index (χ1) is 12.8. The molecule has 0 aliphatic carbocycles. The number of benzene rings is 2. The number of methoxy groups -OCH3 is 1. The number of hydrogen-bond donors (Lipinski definition) is 1. The fourth-order valence-electron chi connectivity index (χ4n) is 3.32. The van der Waals surface area contributed by atoms with Crippen LogP contribution in [0.15, 0.2) is 59.6 Å². The van der Waals surface area contributed by atoms with Crippen LogP contribution < -0.4 is 10.2 Å². The molecule has 5 heteroatoms. The summed E-state index contributed by atoms with van der Waals surface area (Å²) in [4.78, 5) is 9.23. The van der Waals surface area contributed by atoms with E-state index in [1.165, 1.54) is 16.8 Å². The van der Waals surface area contributed by atoms with Gasteiger partial charge in [-0.15, -0.1) is 0 Å². The third kappa shape index (κ3) is 4.76. The Bertz CT molecular complexity index is 709. The van der Waals surface area contributed by atoms with Crippen molar-refractivity contribution in [3.05, 3.63) is 65.7 Å². The van der Waals surface area contributed by atoms with Crippen molar-refractivity contribution in [1.82, 2.24) is 10.2 Å². The van der Waals surface area contributed by atoms with Crippen molar-refractivity contribution in [3.63, 3.8) is 0 Å². The fourth-order valence-corrected chi connectivity index (χ4v) is 3.32. The second-order valence-electron chi connectivity index (χ2n) is 6.46. The molecule has 2 aromatic carbocycles. The topological polar surface area (TPSA) is 40.1 Å². The number of nitrogens with zero attached hydrogens (tertiary/aromatic N) is 3. The van der Waals surface area contributed by atoms with Crippen molar-refractivity contribution in [2.75, 3.05) is 45.2 Å². The lowest BCUT2D eigenvalue weighted by atomic mass is 10.1. The highest BCUT2D eigenvalue weighted by Gasteiger charge is 2.19. The summed E-state index contributed by atoms with van der Waals surface area (Å²) < 4.78 is 5.21. The van der Waals surface area contributed by atoms with E-state index >= 15 is 0 Å². The molecule has 0 amide bonds. The maximum Gasteiger partial charge on any atom is 0.194 e. The van der Waals surface area contributed by atoms with Crippen LogP contribution in [0, 0.1) is 0 Å². The molecular weight excluding hydrogens is 324 g/mol. The number of aliphatic imine (C=N–C) groups is 1. The molecule has 1 aliphatic heterocycles. The van der Waals surface area contributed by atoms with Crippen LogP contribution in [-0.2, 0) is 17.9 Å². The molecule has 138 valence electrons. The van der Waals surface area contributed by atoms with E-state index in [0.717, 1.165) is 38.7 Å². The van der Waals surface area contributed by atoms with Crippen LogP contribution >= 0.6 is 0 Å². The van der Waals surface area contributed by atoms with Gasteiger partial charge in [-0.2, -0.15) is 0 Å². The number of ether oxygens (including phenoxy) is 1. The van der Waals surface area contributed by atoms with Crippen LogP contribution in [0.5, 0.6) is 0 Å². The summed E-state index contributed by atoms with van der Waals surface area (Å²) in [6.07, 6.45) is 0. The predicted octanol–water partition coefficient (Wildman–Crippen LogP) is 2.73. The van der Waals surface area contributed by atoms with Gasteiger partial charge in [-0.05, 0) is 23.3 Å². The summed E-state index contributed by atoms with van der Waals surface area (Å²) >= 11 is 0. The molecule has 0 unspecified atom stereocenters. The van der Waals surface area contributed by atoms with E-state index in [-0.39, 0.29) is 0 Å². The summed E-state index contributed by atoms with van der Waals surface area (Å²) in [6, 6.07) is 19.1. The highest BCUT2D eigenvalue weighted by atomic mass is 16.5. The van der Waals surface area contributed by atoms with Gasteiger partial charge in [0.15, 0.2) is 5.96 Å². The highest BCUT2D eigenvalue weighted by molar-refractivity contribution is 5.80. The lowest BCUT2D eigenvalue weighted by Crippen LogP contribution is -2.52. The minimum atomic E-state index is 0.643. The molecule has 1 N–H and O–H groups in total. The number of hydrogen-bond acceptors (Lipinski definition) is 3. The fraction of sp³-hybridized carbons (Fsp3) is 0.381. The van der Waals surface area contributed by atoms with Crippen molar-refractivity contribution in [1.29, 1.82) is 0 Å². The summed E-state index contributed by atoms with van der Waals surface area (Å²) in [6.45, 7) is 5.37. The van der Waals surface area contributed by atoms with Crippen LogP contribution in [0.2, 0.25) is 0 Å². The molecule has 1 fully saturated rings. The van der Waals surface area contributed by atoms with Crippen molar-refractivity contribution in [2.45, 2.75) is 13.2 Å². The maximum atomic E-state index is 5.21. The van der Waals surface area contributed by atoms with E-state index < -0.39 is 0 Å².